The molecule has 0 heterocycles. The van der Waals surface area contributed by atoms with Crippen LogP contribution in [-0.4, -0.2) is 29.8 Å². The zero-order chi connectivity index (χ0) is 12.1. The summed E-state index contributed by atoms with van der Waals surface area (Å²) in [6.07, 6.45) is 0. The van der Waals surface area contributed by atoms with Gasteiger partial charge in [0.1, 0.15) is 0 Å². The van der Waals surface area contributed by atoms with Gasteiger partial charge in [0.2, 0.25) is 0 Å². The highest BCUT2D eigenvalue weighted by Gasteiger charge is 2.16. The Kier molecular flexibility index (Phi) is 5.39. The zero-order valence-corrected chi connectivity index (χ0v) is 11.1. The summed E-state index contributed by atoms with van der Waals surface area (Å²) in [5.41, 5.74) is 0.418. The molecule has 16 heavy (non-hydrogen) atoms. The molecule has 2 nitrogen and oxygen atoms in total. The molecule has 0 saturated carbocycles. The first-order valence-electron chi connectivity index (χ1n) is 4.90. The second-order valence-corrected chi connectivity index (χ2v) is 4.42. The number of rotatable bonds is 4. The van der Waals surface area contributed by atoms with Crippen LogP contribution in [0.1, 0.15) is 17.3 Å². The van der Waals surface area contributed by atoms with Crippen molar-refractivity contribution in [1.29, 1.82) is 0 Å². The highest BCUT2D eigenvalue weighted by atomic mass is 35.5. The molecular weight excluding hydrogens is 268 g/mol. The van der Waals surface area contributed by atoms with Crippen molar-refractivity contribution in [3.63, 3.8) is 0 Å². The Morgan fingerprint density at radius 2 is 2.06 bits per heavy atom. The fraction of sp³-hybridized carbons (Fsp3) is 0.364. The Labute approximate surface area is 110 Å². The van der Waals surface area contributed by atoms with Crippen LogP contribution in [0.4, 0.5) is 0 Å². The highest BCUT2D eigenvalue weighted by Crippen LogP contribution is 2.22. The largest absolute Gasteiger partial charge is 0.338 e. The minimum absolute atomic E-state index is 0.143. The van der Waals surface area contributed by atoms with Gasteiger partial charge in [-0.3, -0.25) is 4.79 Å². The maximum Gasteiger partial charge on any atom is 0.255 e. The summed E-state index contributed by atoms with van der Waals surface area (Å²) < 4.78 is 0. The van der Waals surface area contributed by atoms with Gasteiger partial charge in [-0.05, 0) is 25.1 Å². The van der Waals surface area contributed by atoms with Crippen LogP contribution in [-0.2, 0) is 0 Å². The standard InChI is InChI=1S/C11H12Cl3NO/c1-2-15(6-5-12)11(16)9-7-8(13)3-4-10(9)14/h3-4,7H,2,5-6H2,1H3. The number of hydrogen-bond acceptors (Lipinski definition) is 1. The average Bonchev–Trinajstić information content (AvgIpc) is 2.28. The number of halogens is 3. The van der Waals surface area contributed by atoms with E-state index >= 15 is 0 Å². The minimum atomic E-state index is -0.143. The maximum atomic E-state index is 12.1. The molecule has 0 aromatic heterocycles. The van der Waals surface area contributed by atoms with Gasteiger partial charge in [0.25, 0.3) is 5.91 Å². The van der Waals surface area contributed by atoms with Crippen LogP contribution in [0, 0.1) is 0 Å². The molecule has 0 bridgehead atoms. The Hall–Kier alpha value is -0.440. The minimum Gasteiger partial charge on any atom is -0.338 e. The van der Waals surface area contributed by atoms with Crippen LogP contribution in [0.3, 0.4) is 0 Å². The van der Waals surface area contributed by atoms with E-state index in [1.165, 1.54) is 0 Å². The van der Waals surface area contributed by atoms with E-state index in [0.717, 1.165) is 0 Å². The molecule has 0 radical (unpaired) electrons. The van der Waals surface area contributed by atoms with Crippen molar-refractivity contribution in [3.8, 4) is 0 Å². The van der Waals surface area contributed by atoms with Gasteiger partial charge in [-0.15, -0.1) is 11.6 Å². The van der Waals surface area contributed by atoms with Crippen molar-refractivity contribution in [2.24, 2.45) is 0 Å². The summed E-state index contributed by atoms with van der Waals surface area (Å²) in [5, 5.41) is 0.900. The normalized spacial score (nSPS) is 10.2. The molecule has 0 atom stereocenters. The smallest absolute Gasteiger partial charge is 0.255 e. The van der Waals surface area contributed by atoms with Crippen molar-refractivity contribution < 1.29 is 4.79 Å². The predicted molar refractivity (Wildman–Crippen MR) is 68.8 cm³/mol. The molecule has 0 saturated heterocycles. The van der Waals surface area contributed by atoms with Gasteiger partial charge in [0.05, 0.1) is 10.6 Å². The van der Waals surface area contributed by atoms with Crippen LogP contribution in [0.25, 0.3) is 0 Å². The van der Waals surface area contributed by atoms with Gasteiger partial charge < -0.3 is 4.90 Å². The molecule has 88 valence electrons. The van der Waals surface area contributed by atoms with E-state index in [1.54, 1.807) is 23.1 Å². The van der Waals surface area contributed by atoms with E-state index in [2.05, 4.69) is 0 Å². The lowest BCUT2D eigenvalue weighted by Gasteiger charge is -2.20. The molecule has 1 amide bonds. The molecule has 0 aliphatic heterocycles. The molecule has 0 fully saturated rings. The zero-order valence-electron chi connectivity index (χ0n) is 8.84. The Balaban J connectivity index is 2.98. The van der Waals surface area contributed by atoms with E-state index in [1.807, 2.05) is 6.92 Å². The lowest BCUT2D eigenvalue weighted by atomic mass is 10.2. The summed E-state index contributed by atoms with van der Waals surface area (Å²) in [5.74, 6) is 0.258. The third kappa shape index (κ3) is 3.27. The number of alkyl halides is 1. The lowest BCUT2D eigenvalue weighted by Crippen LogP contribution is -2.32. The molecule has 1 aromatic rings. The van der Waals surface area contributed by atoms with Crippen LogP contribution in [0.15, 0.2) is 18.2 Å². The summed E-state index contributed by atoms with van der Waals surface area (Å²) >= 11 is 17.4. The quantitative estimate of drug-likeness (QED) is 0.770. The molecule has 5 heteroatoms. The Bertz CT molecular complexity index is 381. The summed E-state index contributed by atoms with van der Waals surface area (Å²) in [7, 11) is 0. The molecule has 0 aliphatic rings. The first-order valence-corrected chi connectivity index (χ1v) is 6.19. The first-order chi connectivity index (χ1) is 7.60. The van der Waals surface area contributed by atoms with E-state index in [-0.39, 0.29) is 5.91 Å². The predicted octanol–water partition coefficient (Wildman–Crippen LogP) is 3.69. The van der Waals surface area contributed by atoms with Crippen LogP contribution >= 0.6 is 34.8 Å². The fourth-order valence-electron chi connectivity index (χ4n) is 1.34. The maximum absolute atomic E-state index is 12.1. The molecule has 1 rings (SSSR count). The molecule has 0 aliphatic carbocycles. The Morgan fingerprint density at radius 3 is 2.62 bits per heavy atom. The highest BCUT2D eigenvalue weighted by molar-refractivity contribution is 6.35. The van der Waals surface area contributed by atoms with Crippen molar-refractivity contribution in [1.82, 2.24) is 4.90 Å². The van der Waals surface area contributed by atoms with Gasteiger partial charge in [-0.1, -0.05) is 23.2 Å². The van der Waals surface area contributed by atoms with Gasteiger partial charge in [-0.2, -0.15) is 0 Å². The molecule has 0 spiro atoms. The summed E-state index contributed by atoms with van der Waals surface area (Å²) in [6, 6.07) is 4.84. The molecule has 1 aromatic carbocycles. The van der Waals surface area contributed by atoms with Crippen molar-refractivity contribution in [3.05, 3.63) is 33.8 Å². The van der Waals surface area contributed by atoms with Crippen molar-refractivity contribution >= 4 is 40.7 Å². The average molecular weight is 281 g/mol. The van der Waals surface area contributed by atoms with Gasteiger partial charge in [-0.25, -0.2) is 0 Å². The third-order valence-corrected chi connectivity index (χ3v) is 2.92. The topological polar surface area (TPSA) is 20.3 Å². The fourth-order valence-corrected chi connectivity index (χ4v) is 1.91. The summed E-state index contributed by atoms with van der Waals surface area (Å²) in [6.45, 7) is 2.98. The number of hydrogen-bond donors (Lipinski definition) is 0. The van der Waals surface area contributed by atoms with Gasteiger partial charge >= 0.3 is 0 Å². The number of carbonyl (C=O) groups is 1. The van der Waals surface area contributed by atoms with Crippen molar-refractivity contribution in [2.75, 3.05) is 19.0 Å². The monoisotopic (exact) mass is 279 g/mol. The summed E-state index contributed by atoms with van der Waals surface area (Å²) in [4.78, 5) is 13.7. The van der Waals surface area contributed by atoms with Gasteiger partial charge in [0.15, 0.2) is 0 Å². The number of carbonyl (C=O) groups excluding carboxylic acids is 1. The van der Waals surface area contributed by atoms with Crippen LogP contribution in [0.2, 0.25) is 10.0 Å². The lowest BCUT2D eigenvalue weighted by molar-refractivity contribution is 0.0774. The number of nitrogens with zero attached hydrogens (tertiary/aromatic N) is 1. The SMILES string of the molecule is CCN(CCCl)C(=O)c1cc(Cl)ccc1Cl. The van der Waals surface area contributed by atoms with E-state index in [9.17, 15) is 4.79 Å². The van der Waals surface area contributed by atoms with E-state index in [4.69, 9.17) is 34.8 Å². The molecule has 0 unspecified atom stereocenters. The van der Waals surface area contributed by atoms with Crippen molar-refractivity contribution in [2.45, 2.75) is 6.92 Å². The first kappa shape index (κ1) is 13.6. The molecule has 0 N–H and O–H groups in total. The Morgan fingerprint density at radius 1 is 1.38 bits per heavy atom. The number of amides is 1. The van der Waals surface area contributed by atoms with Crippen LogP contribution in [0.5, 0.6) is 0 Å². The van der Waals surface area contributed by atoms with E-state index in [0.29, 0.717) is 34.6 Å². The van der Waals surface area contributed by atoms with E-state index < -0.39 is 0 Å². The second-order valence-electron chi connectivity index (χ2n) is 3.20. The second kappa shape index (κ2) is 6.33. The van der Waals surface area contributed by atoms with Crippen LogP contribution < -0.4 is 0 Å². The molecular formula is C11H12Cl3NO. The van der Waals surface area contributed by atoms with Gasteiger partial charge in [0, 0.05) is 24.0 Å². The number of benzene rings is 1. The third-order valence-electron chi connectivity index (χ3n) is 2.18.